The van der Waals surface area contributed by atoms with E-state index < -0.39 is 36.8 Å². The molecule has 2 aromatic rings. The predicted molar refractivity (Wildman–Crippen MR) is 99.3 cm³/mol. The molecule has 4 rings (SSSR count). The molecular weight excluding hydrogens is 400 g/mol. The van der Waals surface area contributed by atoms with E-state index in [9.17, 15) is 35.7 Å². The first-order valence-electron chi connectivity index (χ1n) is 9.29. The van der Waals surface area contributed by atoms with E-state index in [1.54, 1.807) is 0 Å². The first-order chi connectivity index (χ1) is 14.2. The molecule has 10 heteroatoms. The van der Waals surface area contributed by atoms with Crippen molar-refractivity contribution in [1.29, 1.82) is 0 Å². The fourth-order valence-corrected chi connectivity index (χ4v) is 3.54. The normalized spacial score (nSPS) is 30.9. The van der Waals surface area contributed by atoms with Gasteiger partial charge >= 0.3 is 0 Å². The molecule has 6 atom stereocenters. The number of phenolic OH excluding ortho intramolecular Hbond substituents is 3. The molecular formula is C20H22O10. The molecule has 2 aliphatic rings. The summed E-state index contributed by atoms with van der Waals surface area (Å²) in [7, 11) is 0. The molecule has 10 nitrogen and oxygen atoms in total. The van der Waals surface area contributed by atoms with Crippen molar-refractivity contribution in [2.75, 3.05) is 6.61 Å². The van der Waals surface area contributed by atoms with Gasteiger partial charge in [-0.05, 0) is 17.7 Å². The van der Waals surface area contributed by atoms with E-state index in [-0.39, 0.29) is 41.8 Å². The molecule has 30 heavy (non-hydrogen) atoms. The molecule has 0 aromatic heterocycles. The van der Waals surface area contributed by atoms with E-state index in [1.165, 1.54) is 30.3 Å². The minimum atomic E-state index is -1.51. The average molecular weight is 422 g/mol. The minimum absolute atomic E-state index is 0.0568. The molecule has 2 aromatic carbocycles. The molecule has 2 heterocycles. The number of hydrogen-bond donors (Lipinski definition) is 7. The molecule has 0 bridgehead atoms. The third-order valence-corrected chi connectivity index (χ3v) is 5.21. The van der Waals surface area contributed by atoms with Crippen LogP contribution in [0.1, 0.15) is 17.2 Å². The van der Waals surface area contributed by atoms with Gasteiger partial charge in [0.1, 0.15) is 41.7 Å². The van der Waals surface area contributed by atoms with Crippen molar-refractivity contribution in [2.45, 2.75) is 43.2 Å². The van der Waals surface area contributed by atoms with Crippen LogP contribution in [-0.2, 0) is 11.2 Å². The maximum absolute atomic E-state index is 10.5. The van der Waals surface area contributed by atoms with Crippen molar-refractivity contribution in [1.82, 2.24) is 0 Å². The van der Waals surface area contributed by atoms with Crippen molar-refractivity contribution in [3.8, 4) is 28.7 Å². The van der Waals surface area contributed by atoms with Crippen LogP contribution in [0.4, 0.5) is 0 Å². The lowest BCUT2D eigenvalue weighted by Gasteiger charge is -2.35. The lowest BCUT2D eigenvalue weighted by atomic mass is 9.94. The maximum atomic E-state index is 10.5. The zero-order chi connectivity index (χ0) is 21.6. The van der Waals surface area contributed by atoms with Crippen LogP contribution in [0, 0.1) is 0 Å². The molecule has 162 valence electrons. The van der Waals surface area contributed by atoms with E-state index in [0.29, 0.717) is 11.1 Å². The fourth-order valence-electron chi connectivity index (χ4n) is 3.54. The van der Waals surface area contributed by atoms with Gasteiger partial charge in [0.25, 0.3) is 0 Å². The number of fused-ring (bicyclic) bond motifs is 1. The van der Waals surface area contributed by atoms with Gasteiger partial charge < -0.3 is 50.0 Å². The monoisotopic (exact) mass is 422 g/mol. The first kappa shape index (κ1) is 20.5. The second-order valence-electron chi connectivity index (χ2n) is 7.35. The summed E-state index contributed by atoms with van der Waals surface area (Å²) in [5, 5.41) is 69.3. The molecule has 7 N–H and O–H groups in total. The second-order valence-corrected chi connectivity index (χ2v) is 7.35. The number of benzene rings is 2. The Morgan fingerprint density at radius 1 is 0.833 bits per heavy atom. The van der Waals surface area contributed by atoms with Gasteiger partial charge in [-0.25, -0.2) is 0 Å². The topological polar surface area (TPSA) is 169 Å². The van der Waals surface area contributed by atoms with Crippen LogP contribution in [0.5, 0.6) is 28.7 Å². The third kappa shape index (κ3) is 3.71. The Morgan fingerprint density at radius 2 is 1.60 bits per heavy atom. The minimum Gasteiger partial charge on any atom is -0.507 e. The van der Waals surface area contributed by atoms with E-state index in [4.69, 9.17) is 14.2 Å². The summed E-state index contributed by atoms with van der Waals surface area (Å²) in [5.41, 5.74) is 0.757. The highest BCUT2D eigenvalue weighted by molar-refractivity contribution is 5.52. The highest BCUT2D eigenvalue weighted by Gasteiger charge is 2.39. The Kier molecular flexibility index (Phi) is 5.35. The third-order valence-electron chi connectivity index (χ3n) is 5.21. The number of phenols is 3. The molecule has 0 spiro atoms. The highest BCUT2D eigenvalue weighted by atomic mass is 16.7. The largest absolute Gasteiger partial charge is 0.507 e. The van der Waals surface area contributed by atoms with Crippen molar-refractivity contribution in [3.05, 3.63) is 41.5 Å². The van der Waals surface area contributed by atoms with Gasteiger partial charge in [-0.15, -0.1) is 0 Å². The number of aliphatic hydroxyl groups excluding tert-OH is 4. The molecule has 0 aliphatic carbocycles. The van der Waals surface area contributed by atoms with Crippen LogP contribution in [-0.4, -0.2) is 73.1 Å². The molecule has 1 saturated heterocycles. The summed E-state index contributed by atoms with van der Waals surface area (Å²) in [4.78, 5) is 0. The lowest BCUT2D eigenvalue weighted by Crippen LogP contribution is -2.54. The maximum Gasteiger partial charge on any atom is 0.228 e. The molecule has 0 unspecified atom stereocenters. The van der Waals surface area contributed by atoms with E-state index >= 15 is 0 Å². The highest BCUT2D eigenvalue weighted by Crippen LogP contribution is 2.43. The molecule has 2 aliphatic heterocycles. The summed E-state index contributed by atoms with van der Waals surface area (Å²) in [5.74, 6) is -0.602. The number of rotatable bonds is 3. The van der Waals surface area contributed by atoms with Crippen LogP contribution in [0.3, 0.4) is 0 Å². The molecule has 0 saturated carbocycles. The lowest BCUT2D eigenvalue weighted by molar-refractivity contribution is -0.242. The van der Waals surface area contributed by atoms with Gasteiger partial charge in [0.15, 0.2) is 11.5 Å². The van der Waals surface area contributed by atoms with Crippen molar-refractivity contribution >= 4 is 0 Å². The summed E-state index contributed by atoms with van der Waals surface area (Å²) in [6.45, 7) is -0.241. The van der Waals surface area contributed by atoms with Crippen LogP contribution in [0.15, 0.2) is 30.3 Å². The molecule has 1 fully saturated rings. The van der Waals surface area contributed by atoms with Crippen molar-refractivity contribution in [3.63, 3.8) is 0 Å². The Bertz CT molecular complexity index is 932. The zero-order valence-corrected chi connectivity index (χ0v) is 15.6. The van der Waals surface area contributed by atoms with Gasteiger partial charge in [0.05, 0.1) is 12.7 Å². The van der Waals surface area contributed by atoms with Gasteiger partial charge in [-0.3, -0.25) is 0 Å². The number of ether oxygens (including phenoxy) is 3. The Hall–Kier alpha value is -2.76. The van der Waals surface area contributed by atoms with Crippen molar-refractivity contribution in [2.24, 2.45) is 0 Å². The summed E-state index contributed by atoms with van der Waals surface area (Å²) in [6, 6.07) is 6.73. The van der Waals surface area contributed by atoms with Gasteiger partial charge in [0, 0.05) is 24.1 Å². The van der Waals surface area contributed by atoms with Crippen LogP contribution in [0.25, 0.3) is 0 Å². The van der Waals surface area contributed by atoms with Crippen molar-refractivity contribution < 1.29 is 50.0 Å². The standard InChI is InChI=1S/C20H22O10/c21-11-2-1-8(3-13(11)23)19-14(24)6-10-12(22)4-9(5-16(10)30-19)29-20-18(27)17(26)15(25)7-28-20/h1-5,14-15,17-27H,6-7H2/t14-,15+,17+,18+,19-,20+/m0/s1. The Labute approximate surface area is 170 Å². The van der Waals surface area contributed by atoms with Gasteiger partial charge in [-0.2, -0.15) is 0 Å². The second kappa shape index (κ2) is 7.82. The number of aromatic hydroxyl groups is 3. The quantitative estimate of drug-likeness (QED) is 0.325. The van der Waals surface area contributed by atoms with E-state index in [0.717, 1.165) is 0 Å². The van der Waals surface area contributed by atoms with Crippen LogP contribution in [0.2, 0.25) is 0 Å². The van der Waals surface area contributed by atoms with Crippen LogP contribution >= 0.6 is 0 Å². The van der Waals surface area contributed by atoms with Crippen LogP contribution < -0.4 is 9.47 Å². The summed E-state index contributed by atoms with van der Waals surface area (Å²) >= 11 is 0. The molecule has 0 amide bonds. The van der Waals surface area contributed by atoms with Gasteiger partial charge in [0.2, 0.25) is 6.29 Å². The Balaban J connectivity index is 1.58. The molecule has 0 radical (unpaired) electrons. The zero-order valence-electron chi connectivity index (χ0n) is 15.6. The summed E-state index contributed by atoms with van der Waals surface area (Å²) in [6.07, 6.45) is -7.34. The smallest absolute Gasteiger partial charge is 0.228 e. The fraction of sp³-hybridized carbons (Fsp3) is 0.400. The number of hydrogen-bond acceptors (Lipinski definition) is 10. The SMILES string of the molecule is Oc1ccc([C@@H]2Oc3cc(O[C@H]4OC[C@@H](O)[C@@H](O)[C@H]4O)cc(O)c3C[C@@H]2O)cc1O. The van der Waals surface area contributed by atoms with Gasteiger partial charge in [-0.1, -0.05) is 6.07 Å². The van der Waals surface area contributed by atoms with E-state index in [1.807, 2.05) is 0 Å². The summed E-state index contributed by atoms with van der Waals surface area (Å²) < 4.78 is 16.5. The van der Waals surface area contributed by atoms with E-state index in [2.05, 4.69) is 0 Å². The predicted octanol–water partition coefficient (Wildman–Crippen LogP) is -0.342. The Morgan fingerprint density at radius 3 is 2.33 bits per heavy atom. The first-order valence-corrected chi connectivity index (χ1v) is 9.29. The number of aliphatic hydroxyl groups is 4. The average Bonchev–Trinajstić information content (AvgIpc) is 2.71.